The molecule has 22 heavy (non-hydrogen) atoms. The van der Waals surface area contributed by atoms with Crippen molar-refractivity contribution >= 4 is 28.3 Å². The molecule has 0 aliphatic rings. The highest BCUT2D eigenvalue weighted by atomic mass is 35.5. The molecule has 1 aromatic heterocycles. The molecule has 0 bridgehead atoms. The molecular weight excluding hydrogens is 310 g/mol. The van der Waals surface area contributed by atoms with Gasteiger partial charge in [0.1, 0.15) is 28.5 Å². The SMILES string of the molecule is O=[N+]([O-])c1cc(Cl)ccc1-c1coc2cc(O)ccc2c1=[OH+]. The summed E-state index contributed by atoms with van der Waals surface area (Å²) in [7, 11) is 0. The largest absolute Gasteiger partial charge is 0.508 e. The van der Waals surface area contributed by atoms with Gasteiger partial charge in [0.05, 0.1) is 10.5 Å². The number of nitro groups is 1. The summed E-state index contributed by atoms with van der Waals surface area (Å²) >= 11 is 5.78. The fourth-order valence-corrected chi connectivity index (χ4v) is 2.37. The molecule has 0 spiro atoms. The minimum Gasteiger partial charge on any atom is -0.508 e. The highest BCUT2D eigenvalue weighted by molar-refractivity contribution is 6.30. The van der Waals surface area contributed by atoms with Crippen LogP contribution in [-0.4, -0.2) is 14.8 Å². The van der Waals surface area contributed by atoms with E-state index in [1.165, 1.54) is 42.7 Å². The third-order valence-electron chi connectivity index (χ3n) is 3.23. The lowest BCUT2D eigenvalue weighted by atomic mass is 10.0. The predicted molar refractivity (Wildman–Crippen MR) is 80.1 cm³/mol. The molecule has 7 heteroatoms. The van der Waals surface area contributed by atoms with Crippen molar-refractivity contribution in [2.75, 3.05) is 0 Å². The highest BCUT2D eigenvalue weighted by Crippen LogP contribution is 2.31. The maximum absolute atomic E-state index is 11.2. The first kappa shape index (κ1) is 14.1. The zero-order valence-electron chi connectivity index (χ0n) is 11.0. The van der Waals surface area contributed by atoms with Crippen LogP contribution in [0.15, 0.2) is 47.1 Å². The third kappa shape index (κ3) is 2.29. The zero-order valence-corrected chi connectivity index (χ0v) is 11.7. The van der Waals surface area contributed by atoms with Crippen molar-refractivity contribution in [2.45, 2.75) is 0 Å². The van der Waals surface area contributed by atoms with E-state index >= 15 is 0 Å². The van der Waals surface area contributed by atoms with Crippen molar-refractivity contribution in [1.82, 2.24) is 0 Å². The van der Waals surface area contributed by atoms with Crippen molar-refractivity contribution in [1.29, 1.82) is 0 Å². The van der Waals surface area contributed by atoms with Crippen molar-refractivity contribution in [3.63, 3.8) is 0 Å². The molecule has 0 aliphatic carbocycles. The molecule has 110 valence electrons. The van der Waals surface area contributed by atoms with Gasteiger partial charge in [-0.25, -0.2) is 0 Å². The summed E-state index contributed by atoms with van der Waals surface area (Å²) in [6.07, 6.45) is 1.20. The average molecular weight is 319 g/mol. The number of rotatable bonds is 2. The normalized spacial score (nSPS) is 10.8. The van der Waals surface area contributed by atoms with Crippen molar-refractivity contribution in [3.05, 3.63) is 63.2 Å². The van der Waals surface area contributed by atoms with Crippen LogP contribution < -0.4 is 5.43 Å². The van der Waals surface area contributed by atoms with Crippen molar-refractivity contribution < 1.29 is 19.2 Å². The van der Waals surface area contributed by atoms with Gasteiger partial charge in [0.25, 0.3) is 5.69 Å². The Morgan fingerprint density at radius 1 is 1.18 bits per heavy atom. The van der Waals surface area contributed by atoms with E-state index in [-0.39, 0.29) is 38.6 Å². The Morgan fingerprint density at radius 3 is 2.68 bits per heavy atom. The first-order chi connectivity index (χ1) is 10.5. The second kappa shape index (κ2) is 5.16. The summed E-state index contributed by atoms with van der Waals surface area (Å²) in [4.78, 5) is 21.0. The van der Waals surface area contributed by atoms with Crippen LogP contribution in [0, 0.1) is 10.1 Å². The number of phenolic OH excluding ortho intramolecular Hbond substituents is 1. The van der Waals surface area contributed by atoms with Gasteiger partial charge in [-0.3, -0.25) is 14.9 Å². The topological polar surface area (TPSA) is 97.9 Å². The molecule has 0 saturated carbocycles. The Kier molecular flexibility index (Phi) is 3.30. The van der Waals surface area contributed by atoms with E-state index in [1.807, 2.05) is 0 Å². The van der Waals surface area contributed by atoms with Crippen LogP contribution in [0.1, 0.15) is 0 Å². The number of benzene rings is 2. The molecule has 0 atom stereocenters. The molecule has 0 radical (unpaired) electrons. The number of phenols is 1. The maximum Gasteiger partial charge on any atom is 0.362 e. The van der Waals surface area contributed by atoms with Gasteiger partial charge in [-0.05, 0) is 24.3 Å². The molecule has 6 nitrogen and oxygen atoms in total. The maximum atomic E-state index is 11.2. The number of fused-ring (bicyclic) bond motifs is 1. The Hall–Kier alpha value is -2.86. The standard InChI is InChI=1S/C15H8ClNO5/c16-8-1-3-10(13(5-8)17(20)21)12-7-22-14-6-9(18)2-4-11(14)15(12)19/h1-7,18H/p+1. The van der Waals surface area contributed by atoms with Gasteiger partial charge >= 0.3 is 5.43 Å². The first-order valence-corrected chi connectivity index (χ1v) is 6.56. The van der Waals surface area contributed by atoms with Crippen LogP contribution in [0.3, 0.4) is 0 Å². The van der Waals surface area contributed by atoms with Crippen LogP contribution >= 0.6 is 11.6 Å². The molecular formula is C15H9ClNO5+. The van der Waals surface area contributed by atoms with Crippen LogP contribution in [0.2, 0.25) is 5.02 Å². The second-order valence-corrected chi connectivity index (χ2v) is 5.03. The monoisotopic (exact) mass is 318 g/mol. The van der Waals surface area contributed by atoms with Crippen LogP contribution in [-0.2, 0) is 0 Å². The number of hydrogen-bond donors (Lipinski definition) is 1. The van der Waals surface area contributed by atoms with Gasteiger partial charge in [0.15, 0.2) is 0 Å². The molecule has 0 aliphatic heterocycles. The number of hydrogen-bond acceptors (Lipinski definition) is 4. The summed E-state index contributed by atoms with van der Waals surface area (Å²) in [5.41, 5.74) is 0.202. The lowest BCUT2D eigenvalue weighted by Gasteiger charge is -2.02. The summed E-state index contributed by atoms with van der Waals surface area (Å²) in [6.45, 7) is 0. The summed E-state index contributed by atoms with van der Waals surface area (Å²) < 4.78 is 5.35. The van der Waals surface area contributed by atoms with Crippen molar-refractivity contribution in [2.24, 2.45) is 0 Å². The fraction of sp³-hybridized carbons (Fsp3) is 0. The van der Waals surface area contributed by atoms with Crippen LogP contribution in [0.5, 0.6) is 5.75 Å². The Balaban J connectivity index is 2.32. The quantitative estimate of drug-likeness (QED) is 0.445. The van der Waals surface area contributed by atoms with E-state index in [1.54, 1.807) is 0 Å². The molecule has 2 N–H and O–H groups in total. The molecule has 1 heterocycles. The van der Waals surface area contributed by atoms with E-state index in [9.17, 15) is 20.0 Å². The zero-order chi connectivity index (χ0) is 15.9. The smallest absolute Gasteiger partial charge is 0.362 e. The number of aromatic hydroxyl groups is 1. The molecule has 0 saturated heterocycles. The minimum atomic E-state index is -0.582. The average Bonchev–Trinajstić information content (AvgIpc) is 2.48. The minimum absolute atomic E-state index is 0.0131. The Bertz CT molecular complexity index is 964. The fourth-order valence-electron chi connectivity index (χ4n) is 2.20. The van der Waals surface area contributed by atoms with Crippen LogP contribution in [0.4, 0.5) is 5.69 Å². The van der Waals surface area contributed by atoms with E-state index < -0.39 is 4.92 Å². The third-order valence-corrected chi connectivity index (χ3v) is 3.46. The number of nitrogens with zero attached hydrogens (tertiary/aromatic N) is 1. The first-order valence-electron chi connectivity index (χ1n) is 6.18. The van der Waals surface area contributed by atoms with Gasteiger partial charge in [0.2, 0.25) is 0 Å². The number of nitro benzene ring substituents is 1. The molecule has 0 amide bonds. The second-order valence-electron chi connectivity index (χ2n) is 4.60. The summed E-state index contributed by atoms with van der Waals surface area (Å²) in [5.74, 6) is -0.0131. The lowest BCUT2D eigenvalue weighted by molar-refractivity contribution is -0.384. The molecule has 0 unspecified atom stereocenters. The van der Waals surface area contributed by atoms with Gasteiger partial charge < -0.3 is 9.52 Å². The summed E-state index contributed by atoms with van der Waals surface area (Å²) in [5, 5.41) is 21.1. The van der Waals surface area contributed by atoms with Gasteiger partial charge in [-0.1, -0.05) is 11.6 Å². The molecule has 0 fully saturated rings. The summed E-state index contributed by atoms with van der Waals surface area (Å²) in [6, 6.07) is 8.33. The van der Waals surface area contributed by atoms with Gasteiger partial charge in [0, 0.05) is 17.2 Å². The Labute approximate surface area is 128 Å². The molecule has 3 rings (SSSR count). The van der Waals surface area contributed by atoms with E-state index in [2.05, 4.69) is 0 Å². The lowest BCUT2D eigenvalue weighted by Crippen LogP contribution is -2.08. The van der Waals surface area contributed by atoms with E-state index in [4.69, 9.17) is 16.0 Å². The van der Waals surface area contributed by atoms with E-state index in [0.717, 1.165) is 0 Å². The Morgan fingerprint density at radius 2 is 1.95 bits per heavy atom. The van der Waals surface area contributed by atoms with Gasteiger partial charge in [-0.15, -0.1) is 0 Å². The van der Waals surface area contributed by atoms with Crippen LogP contribution in [0.25, 0.3) is 22.1 Å². The molecule has 2 aromatic carbocycles. The predicted octanol–water partition coefficient (Wildman–Crippen LogP) is 3.37. The van der Waals surface area contributed by atoms with Crippen molar-refractivity contribution in [3.8, 4) is 16.9 Å². The van der Waals surface area contributed by atoms with Gasteiger partial charge in [-0.2, -0.15) is 0 Å². The highest BCUT2D eigenvalue weighted by Gasteiger charge is 2.22. The van der Waals surface area contributed by atoms with E-state index in [0.29, 0.717) is 5.39 Å². The number of halogens is 1. The molecule has 3 aromatic rings.